The lowest BCUT2D eigenvalue weighted by Crippen LogP contribution is -2.40. The minimum absolute atomic E-state index is 0.110. The van der Waals surface area contributed by atoms with Gasteiger partial charge in [-0.05, 0) is 17.7 Å². The number of phenols is 1. The van der Waals surface area contributed by atoms with E-state index in [9.17, 15) is 10.2 Å². The molecule has 1 aliphatic rings. The summed E-state index contributed by atoms with van der Waals surface area (Å²) in [5, 5.41) is 19.5. The monoisotopic (exact) mass is 279 g/mol. The summed E-state index contributed by atoms with van der Waals surface area (Å²) in [5.41, 5.74) is 0.876. The van der Waals surface area contributed by atoms with E-state index in [2.05, 4.69) is 4.90 Å². The number of aromatic hydroxyl groups is 1. The number of methoxy groups -OCH3 is 1. The van der Waals surface area contributed by atoms with Gasteiger partial charge in [-0.3, -0.25) is 4.90 Å². The molecule has 5 heteroatoms. The molecule has 1 fully saturated rings. The predicted molar refractivity (Wildman–Crippen MR) is 77.0 cm³/mol. The van der Waals surface area contributed by atoms with Crippen molar-refractivity contribution in [3.05, 3.63) is 29.8 Å². The van der Waals surface area contributed by atoms with Gasteiger partial charge in [0.05, 0.1) is 26.4 Å². The van der Waals surface area contributed by atoms with Crippen LogP contribution in [-0.4, -0.2) is 61.2 Å². The van der Waals surface area contributed by atoms with E-state index < -0.39 is 6.10 Å². The van der Waals surface area contributed by atoms with Crippen LogP contribution < -0.4 is 4.74 Å². The quantitative estimate of drug-likeness (QED) is 0.845. The molecule has 2 N–H and O–H groups in total. The highest BCUT2D eigenvalue weighted by Gasteiger charge is 2.12. The Labute approximate surface area is 119 Å². The van der Waals surface area contributed by atoms with Crippen molar-refractivity contribution in [2.45, 2.75) is 6.10 Å². The van der Waals surface area contributed by atoms with Gasteiger partial charge in [0, 0.05) is 19.6 Å². The number of rotatable bonds is 5. The minimum Gasteiger partial charge on any atom is -0.504 e. The summed E-state index contributed by atoms with van der Waals surface area (Å²) < 4.78 is 10.3. The summed E-state index contributed by atoms with van der Waals surface area (Å²) in [4.78, 5) is 2.18. The van der Waals surface area contributed by atoms with Gasteiger partial charge < -0.3 is 19.7 Å². The lowest BCUT2D eigenvalue weighted by atomic mass is 10.1. The molecule has 0 radical (unpaired) electrons. The Morgan fingerprint density at radius 1 is 1.40 bits per heavy atom. The van der Waals surface area contributed by atoms with Gasteiger partial charge in [0.15, 0.2) is 11.5 Å². The summed E-state index contributed by atoms with van der Waals surface area (Å²) in [5.74, 6) is 0.535. The largest absolute Gasteiger partial charge is 0.504 e. The molecule has 1 unspecified atom stereocenters. The molecule has 2 rings (SSSR count). The van der Waals surface area contributed by atoms with E-state index in [4.69, 9.17) is 9.47 Å². The van der Waals surface area contributed by atoms with Crippen molar-refractivity contribution in [3.8, 4) is 11.5 Å². The number of aliphatic hydroxyl groups excluding tert-OH is 1. The fraction of sp³-hybridized carbons (Fsp3) is 0.467. The molecule has 1 aliphatic heterocycles. The van der Waals surface area contributed by atoms with Crippen LogP contribution >= 0.6 is 0 Å². The van der Waals surface area contributed by atoms with Crippen LogP contribution in [0.2, 0.25) is 0 Å². The maximum absolute atomic E-state index is 9.99. The van der Waals surface area contributed by atoms with Gasteiger partial charge in [0.2, 0.25) is 0 Å². The van der Waals surface area contributed by atoms with Gasteiger partial charge in [-0.25, -0.2) is 0 Å². The molecule has 0 spiro atoms. The molecule has 1 atom stereocenters. The normalized spacial score (nSPS) is 18.3. The van der Waals surface area contributed by atoms with E-state index in [1.807, 2.05) is 6.08 Å². The van der Waals surface area contributed by atoms with Crippen LogP contribution in [0.1, 0.15) is 5.56 Å². The number of aliphatic hydroxyl groups is 1. The summed E-state index contributed by atoms with van der Waals surface area (Å²) in [6.45, 7) is 3.78. The first-order chi connectivity index (χ1) is 9.69. The molecule has 5 nitrogen and oxygen atoms in total. The van der Waals surface area contributed by atoms with Crippen molar-refractivity contribution in [1.82, 2.24) is 4.90 Å². The molecule has 1 saturated heterocycles. The molecule has 110 valence electrons. The van der Waals surface area contributed by atoms with Crippen LogP contribution in [0.5, 0.6) is 11.5 Å². The summed E-state index contributed by atoms with van der Waals surface area (Å²) in [6, 6.07) is 5.08. The van der Waals surface area contributed by atoms with Crippen LogP contribution in [0.3, 0.4) is 0 Å². The zero-order valence-corrected chi connectivity index (χ0v) is 11.7. The molecule has 0 amide bonds. The van der Waals surface area contributed by atoms with Crippen LogP contribution in [-0.2, 0) is 4.74 Å². The highest BCUT2D eigenvalue weighted by molar-refractivity contribution is 5.55. The van der Waals surface area contributed by atoms with E-state index in [0.717, 1.165) is 31.9 Å². The average Bonchev–Trinajstić information content (AvgIpc) is 2.47. The molecule has 1 aromatic rings. The maximum atomic E-state index is 9.99. The van der Waals surface area contributed by atoms with Gasteiger partial charge in [0.1, 0.15) is 0 Å². The van der Waals surface area contributed by atoms with Crippen molar-refractivity contribution in [1.29, 1.82) is 0 Å². The van der Waals surface area contributed by atoms with Crippen LogP contribution in [0.15, 0.2) is 24.3 Å². The average molecular weight is 279 g/mol. The number of phenolic OH excluding ortho intramolecular Hbond substituents is 1. The zero-order chi connectivity index (χ0) is 14.4. The minimum atomic E-state index is -0.520. The van der Waals surface area contributed by atoms with Gasteiger partial charge in [0.25, 0.3) is 0 Å². The number of hydrogen-bond donors (Lipinski definition) is 2. The molecule has 0 bridgehead atoms. The van der Waals surface area contributed by atoms with E-state index in [-0.39, 0.29) is 5.75 Å². The fourth-order valence-electron chi connectivity index (χ4n) is 2.13. The van der Waals surface area contributed by atoms with E-state index in [1.165, 1.54) is 7.11 Å². The Morgan fingerprint density at radius 3 is 2.85 bits per heavy atom. The number of β-amino-alcohol motifs (C(OH)–C–C–N with tert-alkyl or cyclic N) is 1. The standard InChI is InChI=1S/C15H21NO4/c1-19-15-10-12(3-5-14(15)18)2-4-13(17)11-16-6-8-20-9-7-16/h2-5,10,13,17-18H,6-9,11H2,1H3/b4-2+. The highest BCUT2D eigenvalue weighted by Crippen LogP contribution is 2.26. The van der Waals surface area contributed by atoms with Gasteiger partial charge in [-0.1, -0.05) is 18.2 Å². The third-order valence-corrected chi connectivity index (χ3v) is 3.26. The Balaban J connectivity index is 1.90. The molecule has 1 aromatic carbocycles. The van der Waals surface area contributed by atoms with Gasteiger partial charge in [-0.2, -0.15) is 0 Å². The van der Waals surface area contributed by atoms with Crippen LogP contribution in [0.4, 0.5) is 0 Å². The Kier molecular flexibility index (Phi) is 5.40. The third-order valence-electron chi connectivity index (χ3n) is 3.26. The number of hydrogen-bond acceptors (Lipinski definition) is 5. The number of benzene rings is 1. The van der Waals surface area contributed by atoms with E-state index in [0.29, 0.717) is 12.3 Å². The van der Waals surface area contributed by atoms with Crippen molar-refractivity contribution < 1.29 is 19.7 Å². The van der Waals surface area contributed by atoms with Crippen LogP contribution in [0.25, 0.3) is 6.08 Å². The molecular formula is C15H21NO4. The number of nitrogens with zero attached hydrogens (tertiary/aromatic N) is 1. The number of morpholine rings is 1. The Morgan fingerprint density at radius 2 is 2.15 bits per heavy atom. The zero-order valence-electron chi connectivity index (χ0n) is 11.7. The fourth-order valence-corrected chi connectivity index (χ4v) is 2.13. The third kappa shape index (κ3) is 4.23. The number of ether oxygens (including phenoxy) is 2. The van der Waals surface area contributed by atoms with E-state index >= 15 is 0 Å². The second-order valence-electron chi connectivity index (χ2n) is 4.77. The van der Waals surface area contributed by atoms with Crippen molar-refractivity contribution >= 4 is 6.08 Å². The summed E-state index contributed by atoms with van der Waals surface area (Å²) in [7, 11) is 1.51. The first-order valence-corrected chi connectivity index (χ1v) is 6.72. The molecule has 0 saturated carbocycles. The summed E-state index contributed by atoms with van der Waals surface area (Å²) in [6.07, 6.45) is 3.06. The lowest BCUT2D eigenvalue weighted by Gasteiger charge is -2.27. The van der Waals surface area contributed by atoms with Gasteiger partial charge in [-0.15, -0.1) is 0 Å². The van der Waals surface area contributed by atoms with Crippen LogP contribution in [0, 0.1) is 0 Å². The molecular weight excluding hydrogens is 258 g/mol. The Hall–Kier alpha value is -1.56. The van der Waals surface area contributed by atoms with E-state index in [1.54, 1.807) is 24.3 Å². The maximum Gasteiger partial charge on any atom is 0.161 e. The van der Waals surface area contributed by atoms with Crippen molar-refractivity contribution in [2.75, 3.05) is 40.0 Å². The molecule has 20 heavy (non-hydrogen) atoms. The van der Waals surface area contributed by atoms with Crippen molar-refractivity contribution in [3.63, 3.8) is 0 Å². The smallest absolute Gasteiger partial charge is 0.161 e. The molecule has 1 heterocycles. The molecule has 0 aromatic heterocycles. The first kappa shape index (κ1) is 14.8. The van der Waals surface area contributed by atoms with Gasteiger partial charge >= 0.3 is 0 Å². The topological polar surface area (TPSA) is 62.2 Å². The SMILES string of the molecule is COc1cc(/C=C/C(O)CN2CCOCC2)ccc1O. The predicted octanol–water partition coefficient (Wildman–Crippen LogP) is 1.11. The second-order valence-corrected chi connectivity index (χ2v) is 4.77. The Bertz CT molecular complexity index is 455. The lowest BCUT2D eigenvalue weighted by molar-refractivity contribution is 0.0223. The van der Waals surface area contributed by atoms with Crippen molar-refractivity contribution in [2.24, 2.45) is 0 Å². The second kappa shape index (κ2) is 7.28. The first-order valence-electron chi connectivity index (χ1n) is 6.72. The molecule has 0 aliphatic carbocycles. The highest BCUT2D eigenvalue weighted by atomic mass is 16.5. The summed E-state index contributed by atoms with van der Waals surface area (Å²) >= 11 is 0.